The molecule has 0 aromatic heterocycles. The second kappa shape index (κ2) is 45.9. The maximum Gasteiger partial charge on any atom is 0.222 e. The summed E-state index contributed by atoms with van der Waals surface area (Å²) in [5.74, 6) is -3.65. The van der Waals surface area contributed by atoms with Crippen molar-refractivity contribution in [2.24, 2.45) is 11.3 Å². The first-order valence-corrected chi connectivity index (χ1v) is 32.1. The summed E-state index contributed by atoms with van der Waals surface area (Å²) in [6.07, 6.45) is -15.1. The lowest BCUT2D eigenvalue weighted by Crippen LogP contribution is -2.64. The summed E-state index contributed by atoms with van der Waals surface area (Å²) in [6.45, 7) is 6.67. The molecule has 0 aliphatic carbocycles. The van der Waals surface area contributed by atoms with Gasteiger partial charge in [-0.15, -0.1) is 0 Å². The Hall–Kier alpha value is -5.49. The molecule has 0 saturated carbocycles. The molecule has 9 amide bonds. The van der Waals surface area contributed by atoms with E-state index in [0.29, 0.717) is 25.7 Å². The fourth-order valence-corrected chi connectivity index (χ4v) is 10.3. The van der Waals surface area contributed by atoms with E-state index in [1.54, 1.807) is 0 Å². The van der Waals surface area contributed by atoms with Crippen molar-refractivity contribution in [2.75, 3.05) is 119 Å². The summed E-state index contributed by atoms with van der Waals surface area (Å²) in [6, 6.07) is -3.47. The van der Waals surface area contributed by atoms with Gasteiger partial charge in [0.05, 0.1) is 98.5 Å². The minimum Gasteiger partial charge on any atom is -0.394 e. The third kappa shape index (κ3) is 32.2. The first kappa shape index (κ1) is 83.7. The Bertz CT molecular complexity index is 2080. The summed E-state index contributed by atoms with van der Waals surface area (Å²) in [7, 11) is 0. The molecule has 3 aliphatic rings. The van der Waals surface area contributed by atoms with Gasteiger partial charge in [0.15, 0.2) is 18.9 Å². The molecule has 548 valence electrons. The van der Waals surface area contributed by atoms with Crippen LogP contribution < -0.4 is 47.9 Å². The number of ether oxygens (including phenoxy) is 9. The molecule has 36 heteroatoms. The molecule has 3 aliphatic heterocycles. The Morgan fingerprint density at radius 2 is 0.611 bits per heavy atom. The van der Waals surface area contributed by atoms with E-state index in [2.05, 4.69) is 47.9 Å². The number of carbonyl (C=O) groups is 9. The van der Waals surface area contributed by atoms with Crippen LogP contribution in [0.15, 0.2) is 0 Å². The molecule has 3 rings (SSSR count). The predicted molar refractivity (Wildman–Crippen MR) is 328 cm³/mol. The minimum absolute atomic E-state index is 0.00890. The fourth-order valence-electron chi connectivity index (χ4n) is 10.3. The van der Waals surface area contributed by atoms with Crippen molar-refractivity contribution >= 4 is 53.2 Å². The topological polar surface area (TPSA) is 527 Å². The van der Waals surface area contributed by atoms with Gasteiger partial charge in [0.25, 0.3) is 0 Å². The van der Waals surface area contributed by atoms with Crippen molar-refractivity contribution < 1.29 is 132 Å². The number of hydrogen-bond acceptors (Lipinski definition) is 27. The van der Waals surface area contributed by atoms with Gasteiger partial charge in [-0.05, 0) is 31.6 Å². The summed E-state index contributed by atoms with van der Waals surface area (Å²) < 4.78 is 51.5. The number of nitrogens with one attached hydrogen (secondary N) is 9. The SMILES string of the molecule is CC(=O)NC1[C@H](OCCC(=O)NCCCNC(=O)CCOCC(COCCC(=O)NCCCNC(=O)CCO[C@@H]2OC(CO)[C@H](O)[C@H](O)C2NC(C)=O)(COCCC(=O)NCCCNC(=O)CCO[C@@H]2OC(CO)[C@H](O)[C@H](O)C2NC(C)=O)CC(C)C)OC(CO)[C@H](O)[C@@H]1O. The number of aliphatic hydroxyl groups is 9. The molecule has 3 saturated heterocycles. The van der Waals surface area contributed by atoms with E-state index in [4.69, 9.17) is 42.6 Å². The number of aliphatic hydroxyl groups excluding tert-OH is 9. The van der Waals surface area contributed by atoms with Crippen LogP contribution >= 0.6 is 0 Å². The van der Waals surface area contributed by atoms with E-state index >= 15 is 0 Å². The lowest BCUT2D eigenvalue weighted by molar-refractivity contribution is -0.270. The Kier molecular flexibility index (Phi) is 40.5. The molecule has 6 unspecified atom stereocenters. The first-order valence-electron chi connectivity index (χ1n) is 32.1. The molecule has 0 aromatic carbocycles. The van der Waals surface area contributed by atoms with Crippen LogP contribution in [0.4, 0.5) is 0 Å². The van der Waals surface area contributed by atoms with Gasteiger partial charge in [-0.2, -0.15) is 0 Å². The molecule has 95 heavy (non-hydrogen) atoms. The highest BCUT2D eigenvalue weighted by Crippen LogP contribution is 2.30. The van der Waals surface area contributed by atoms with Crippen molar-refractivity contribution in [1.29, 1.82) is 0 Å². The summed E-state index contributed by atoms with van der Waals surface area (Å²) in [5, 5.41) is 114. The van der Waals surface area contributed by atoms with Crippen LogP contribution in [-0.2, 0) is 85.8 Å². The van der Waals surface area contributed by atoms with E-state index in [0.717, 1.165) is 0 Å². The van der Waals surface area contributed by atoms with E-state index in [1.807, 2.05) is 13.8 Å². The quantitative estimate of drug-likeness (QED) is 0.0252. The molecule has 0 bridgehead atoms. The standard InChI is InChI=1S/C59H105N9O27/c1-34(2)27-59(31-87-21-9-41(75)60-15-6-18-63-44(78)12-24-90-56-47(66-35(3)72)53(84)50(81)38(28-69)93-56,32-88-22-10-42(76)61-16-7-19-64-45(79)13-25-91-57-48(67-36(4)73)54(85)51(82)39(29-70)94-57)33-89-23-11-43(77)62-17-8-20-65-46(80)14-26-92-58-49(68-37(5)74)55(86)52(83)40(30-71)95-58/h34,38-40,47-58,69-71,81-86H,6-33H2,1-5H3,(H,60,75)(H,61,76)(H,62,77)(H,63,78)(H,64,79)(H,65,80)(H,66,72)(H,67,73)(H,68,74)/t38?,39?,40?,47?,48?,49?,50-,51-,52-,53+,54+,55+,56+,57+,58+,59?/m0/s1. The van der Waals surface area contributed by atoms with Crippen LogP contribution in [0.1, 0.15) is 98.8 Å². The Morgan fingerprint density at radius 3 is 0.821 bits per heavy atom. The van der Waals surface area contributed by atoms with Crippen LogP contribution in [-0.4, -0.2) is 310 Å². The molecule has 0 aromatic rings. The second-order valence-corrected chi connectivity index (χ2v) is 23.8. The van der Waals surface area contributed by atoms with Gasteiger partial charge in [-0.1, -0.05) is 13.8 Å². The molecule has 36 nitrogen and oxygen atoms in total. The number of carbonyl (C=O) groups excluding carboxylic acids is 9. The number of hydrogen-bond donors (Lipinski definition) is 18. The third-order valence-electron chi connectivity index (χ3n) is 15.1. The van der Waals surface area contributed by atoms with Crippen LogP contribution in [0.2, 0.25) is 0 Å². The lowest BCUT2D eigenvalue weighted by Gasteiger charge is -2.42. The van der Waals surface area contributed by atoms with Crippen molar-refractivity contribution in [3.8, 4) is 0 Å². The van der Waals surface area contributed by atoms with Crippen LogP contribution in [0.3, 0.4) is 0 Å². The van der Waals surface area contributed by atoms with Crippen molar-refractivity contribution in [3.63, 3.8) is 0 Å². The highest BCUT2D eigenvalue weighted by atomic mass is 16.7. The Morgan fingerprint density at radius 1 is 0.379 bits per heavy atom. The molecular weight excluding hydrogens is 1270 g/mol. The summed E-state index contributed by atoms with van der Waals surface area (Å²) >= 11 is 0. The van der Waals surface area contributed by atoms with E-state index in [9.17, 15) is 89.1 Å². The van der Waals surface area contributed by atoms with Gasteiger partial charge in [0.2, 0.25) is 53.2 Å². The maximum absolute atomic E-state index is 12.8. The van der Waals surface area contributed by atoms with Gasteiger partial charge in [-0.3, -0.25) is 43.2 Å². The maximum atomic E-state index is 12.8. The summed E-state index contributed by atoms with van der Waals surface area (Å²) in [4.78, 5) is 111. The molecule has 15 atom stereocenters. The van der Waals surface area contributed by atoms with Crippen molar-refractivity contribution in [2.45, 2.75) is 191 Å². The first-order chi connectivity index (χ1) is 45.2. The highest BCUT2D eigenvalue weighted by molar-refractivity contribution is 5.78. The Balaban J connectivity index is 1.44. The largest absolute Gasteiger partial charge is 0.394 e. The number of amides is 9. The lowest BCUT2D eigenvalue weighted by atomic mass is 9.82. The van der Waals surface area contributed by atoms with Crippen molar-refractivity contribution in [3.05, 3.63) is 0 Å². The zero-order chi connectivity index (χ0) is 70.5. The molecule has 3 fully saturated rings. The summed E-state index contributed by atoms with van der Waals surface area (Å²) in [5.41, 5.74) is -0.806. The smallest absolute Gasteiger partial charge is 0.222 e. The monoisotopic (exact) mass is 1370 g/mol. The normalized spacial score (nSPS) is 26.5. The van der Waals surface area contributed by atoms with E-state index < -0.39 is 153 Å². The average molecular weight is 1370 g/mol. The van der Waals surface area contributed by atoms with Crippen LogP contribution in [0.5, 0.6) is 0 Å². The average Bonchev–Trinajstić information content (AvgIpc) is 0.831. The zero-order valence-corrected chi connectivity index (χ0v) is 54.9. The Labute approximate surface area is 551 Å². The van der Waals surface area contributed by atoms with Gasteiger partial charge >= 0.3 is 0 Å². The molecule has 0 radical (unpaired) electrons. The zero-order valence-electron chi connectivity index (χ0n) is 54.9. The third-order valence-corrected chi connectivity index (χ3v) is 15.1. The van der Waals surface area contributed by atoms with Gasteiger partial charge < -0.3 is 136 Å². The molecule has 18 N–H and O–H groups in total. The van der Waals surface area contributed by atoms with E-state index in [1.165, 1.54) is 20.8 Å². The second-order valence-electron chi connectivity index (χ2n) is 23.8. The van der Waals surface area contributed by atoms with Crippen molar-refractivity contribution in [1.82, 2.24) is 47.9 Å². The minimum atomic E-state index is -1.50. The van der Waals surface area contributed by atoms with Gasteiger partial charge in [0, 0.05) is 84.7 Å². The van der Waals surface area contributed by atoms with E-state index in [-0.39, 0.29) is 161 Å². The predicted octanol–water partition coefficient (Wildman–Crippen LogP) is -7.84. The number of rotatable bonds is 47. The molecule has 0 spiro atoms. The molecule has 3 heterocycles. The van der Waals surface area contributed by atoms with Gasteiger partial charge in [-0.25, -0.2) is 0 Å². The highest BCUT2D eigenvalue weighted by Gasteiger charge is 2.48. The van der Waals surface area contributed by atoms with Gasteiger partial charge in [0.1, 0.15) is 73.1 Å². The van der Waals surface area contributed by atoms with Crippen LogP contribution in [0.25, 0.3) is 0 Å². The molecular formula is C59H105N9O27. The fraction of sp³-hybridized carbons (Fsp3) is 0.847. The van der Waals surface area contributed by atoms with Crippen LogP contribution in [0, 0.1) is 11.3 Å².